The number of hydrogen-bond donors (Lipinski definition) is 2. The SMILES string of the molecule is CC(C)(CO)CNc1ccccc1-n1cnnn1. The molecule has 1 heterocycles. The van der Waals surface area contributed by atoms with Gasteiger partial charge in [-0.2, -0.15) is 4.68 Å². The van der Waals surface area contributed by atoms with Crippen LogP contribution in [0.3, 0.4) is 0 Å². The molecule has 0 aliphatic heterocycles. The van der Waals surface area contributed by atoms with E-state index in [9.17, 15) is 5.11 Å². The van der Waals surface area contributed by atoms with Gasteiger partial charge in [-0.15, -0.1) is 5.10 Å². The highest BCUT2D eigenvalue weighted by Crippen LogP contribution is 2.21. The summed E-state index contributed by atoms with van der Waals surface area (Å²) in [7, 11) is 0. The molecule has 6 heteroatoms. The summed E-state index contributed by atoms with van der Waals surface area (Å²) in [5.74, 6) is 0. The fraction of sp³-hybridized carbons (Fsp3) is 0.417. The Morgan fingerprint density at radius 1 is 1.33 bits per heavy atom. The van der Waals surface area contributed by atoms with Crippen molar-refractivity contribution in [1.29, 1.82) is 0 Å². The number of benzene rings is 1. The molecule has 0 saturated carbocycles. The van der Waals surface area contributed by atoms with Crippen molar-refractivity contribution in [2.24, 2.45) is 5.41 Å². The van der Waals surface area contributed by atoms with E-state index in [-0.39, 0.29) is 12.0 Å². The van der Waals surface area contributed by atoms with Gasteiger partial charge in [0.05, 0.1) is 11.4 Å². The number of rotatable bonds is 5. The summed E-state index contributed by atoms with van der Waals surface area (Å²) in [5, 5.41) is 23.7. The molecule has 96 valence electrons. The van der Waals surface area contributed by atoms with Gasteiger partial charge in [-0.25, -0.2) is 0 Å². The lowest BCUT2D eigenvalue weighted by atomic mass is 9.95. The van der Waals surface area contributed by atoms with Crippen molar-refractivity contribution in [3.05, 3.63) is 30.6 Å². The Kier molecular flexibility index (Phi) is 3.57. The lowest BCUT2D eigenvalue weighted by molar-refractivity contribution is 0.171. The predicted octanol–water partition coefficient (Wildman–Crippen LogP) is 1.09. The van der Waals surface area contributed by atoms with E-state index in [0.29, 0.717) is 6.54 Å². The Bertz CT molecular complexity index is 495. The van der Waals surface area contributed by atoms with E-state index in [1.807, 2.05) is 38.1 Å². The zero-order valence-corrected chi connectivity index (χ0v) is 10.5. The van der Waals surface area contributed by atoms with Crippen LogP contribution >= 0.6 is 0 Å². The first kappa shape index (κ1) is 12.5. The van der Waals surface area contributed by atoms with Crippen LogP contribution in [-0.4, -0.2) is 38.5 Å². The number of para-hydroxylation sites is 2. The maximum Gasteiger partial charge on any atom is 0.143 e. The Morgan fingerprint density at radius 2 is 2.11 bits per heavy atom. The molecule has 0 unspecified atom stereocenters. The van der Waals surface area contributed by atoms with E-state index in [4.69, 9.17) is 0 Å². The molecule has 0 spiro atoms. The quantitative estimate of drug-likeness (QED) is 0.827. The van der Waals surface area contributed by atoms with Crippen LogP contribution < -0.4 is 5.32 Å². The molecule has 0 fully saturated rings. The van der Waals surface area contributed by atoms with Crippen molar-refractivity contribution >= 4 is 5.69 Å². The van der Waals surface area contributed by atoms with Gasteiger partial charge in [-0.3, -0.25) is 0 Å². The average molecular weight is 247 g/mol. The van der Waals surface area contributed by atoms with Gasteiger partial charge < -0.3 is 10.4 Å². The third kappa shape index (κ3) is 2.84. The number of tetrazole rings is 1. The normalized spacial score (nSPS) is 11.5. The van der Waals surface area contributed by atoms with Gasteiger partial charge in [0.2, 0.25) is 0 Å². The summed E-state index contributed by atoms with van der Waals surface area (Å²) < 4.78 is 1.61. The molecule has 2 aromatic rings. The molecule has 0 saturated heterocycles. The smallest absolute Gasteiger partial charge is 0.143 e. The van der Waals surface area contributed by atoms with Gasteiger partial charge in [0.15, 0.2) is 0 Å². The third-order valence-electron chi connectivity index (χ3n) is 2.69. The Labute approximate surface area is 106 Å². The summed E-state index contributed by atoms with van der Waals surface area (Å²) in [6.45, 7) is 4.80. The van der Waals surface area contributed by atoms with Crippen LogP contribution in [0, 0.1) is 5.41 Å². The summed E-state index contributed by atoms with van der Waals surface area (Å²) in [6.07, 6.45) is 1.55. The first-order chi connectivity index (χ1) is 8.62. The zero-order chi connectivity index (χ0) is 13.0. The summed E-state index contributed by atoms with van der Waals surface area (Å²) in [5.41, 5.74) is 1.65. The minimum Gasteiger partial charge on any atom is -0.396 e. The molecule has 0 radical (unpaired) electrons. The van der Waals surface area contributed by atoms with Crippen molar-refractivity contribution in [2.45, 2.75) is 13.8 Å². The zero-order valence-electron chi connectivity index (χ0n) is 10.5. The fourth-order valence-corrected chi connectivity index (χ4v) is 1.48. The van der Waals surface area contributed by atoms with Crippen molar-refractivity contribution in [2.75, 3.05) is 18.5 Å². The first-order valence-corrected chi connectivity index (χ1v) is 5.79. The van der Waals surface area contributed by atoms with E-state index in [2.05, 4.69) is 20.8 Å². The predicted molar refractivity (Wildman–Crippen MR) is 68.5 cm³/mol. The molecule has 2 N–H and O–H groups in total. The maximum atomic E-state index is 9.25. The van der Waals surface area contributed by atoms with Crippen LogP contribution in [-0.2, 0) is 0 Å². The molecule has 2 rings (SSSR count). The van der Waals surface area contributed by atoms with Gasteiger partial charge in [0, 0.05) is 18.6 Å². The van der Waals surface area contributed by atoms with Crippen LogP contribution in [0.15, 0.2) is 30.6 Å². The minimum atomic E-state index is -0.173. The topological polar surface area (TPSA) is 75.9 Å². The van der Waals surface area contributed by atoms with E-state index in [0.717, 1.165) is 11.4 Å². The monoisotopic (exact) mass is 247 g/mol. The molecule has 0 aliphatic carbocycles. The van der Waals surface area contributed by atoms with E-state index in [1.54, 1.807) is 11.0 Å². The van der Waals surface area contributed by atoms with E-state index < -0.39 is 0 Å². The second-order valence-electron chi connectivity index (χ2n) is 4.95. The van der Waals surface area contributed by atoms with Gasteiger partial charge >= 0.3 is 0 Å². The molecule has 1 aromatic heterocycles. The molecular formula is C12H17N5O. The summed E-state index contributed by atoms with van der Waals surface area (Å²) >= 11 is 0. The van der Waals surface area contributed by atoms with Crippen molar-refractivity contribution in [3.8, 4) is 5.69 Å². The Balaban J connectivity index is 2.19. The van der Waals surface area contributed by atoms with Crippen LogP contribution in [0.25, 0.3) is 5.69 Å². The standard InChI is InChI=1S/C12H17N5O/c1-12(2,8-18)7-13-10-5-3-4-6-11(10)17-9-14-15-16-17/h3-6,9,13,18H,7-8H2,1-2H3. The minimum absolute atomic E-state index is 0.132. The largest absolute Gasteiger partial charge is 0.396 e. The first-order valence-electron chi connectivity index (χ1n) is 5.79. The van der Waals surface area contributed by atoms with Crippen LogP contribution in [0.4, 0.5) is 5.69 Å². The Morgan fingerprint density at radius 3 is 2.78 bits per heavy atom. The van der Waals surface area contributed by atoms with Gasteiger partial charge in [0.1, 0.15) is 6.33 Å². The van der Waals surface area contributed by atoms with Gasteiger partial charge in [0.25, 0.3) is 0 Å². The highest BCUT2D eigenvalue weighted by molar-refractivity contribution is 5.60. The van der Waals surface area contributed by atoms with Crippen molar-refractivity contribution in [3.63, 3.8) is 0 Å². The van der Waals surface area contributed by atoms with Gasteiger partial charge in [-0.05, 0) is 22.6 Å². The number of hydrogen-bond acceptors (Lipinski definition) is 5. The highest BCUT2D eigenvalue weighted by Gasteiger charge is 2.16. The van der Waals surface area contributed by atoms with Crippen molar-refractivity contribution in [1.82, 2.24) is 20.2 Å². The Hall–Kier alpha value is -1.95. The number of nitrogens with zero attached hydrogens (tertiary/aromatic N) is 4. The number of nitrogens with one attached hydrogen (secondary N) is 1. The second-order valence-corrected chi connectivity index (χ2v) is 4.95. The fourth-order valence-electron chi connectivity index (χ4n) is 1.48. The van der Waals surface area contributed by atoms with Crippen LogP contribution in [0.2, 0.25) is 0 Å². The summed E-state index contributed by atoms with van der Waals surface area (Å²) in [6, 6.07) is 7.77. The van der Waals surface area contributed by atoms with Crippen molar-refractivity contribution < 1.29 is 5.11 Å². The summed E-state index contributed by atoms with van der Waals surface area (Å²) in [4.78, 5) is 0. The highest BCUT2D eigenvalue weighted by atomic mass is 16.3. The molecule has 0 bridgehead atoms. The third-order valence-corrected chi connectivity index (χ3v) is 2.69. The average Bonchev–Trinajstić information content (AvgIpc) is 2.91. The molecule has 0 amide bonds. The molecular weight excluding hydrogens is 230 g/mol. The molecule has 0 aliphatic rings. The second kappa shape index (κ2) is 5.14. The lowest BCUT2D eigenvalue weighted by Gasteiger charge is -2.23. The van der Waals surface area contributed by atoms with E-state index >= 15 is 0 Å². The van der Waals surface area contributed by atoms with Crippen LogP contribution in [0.5, 0.6) is 0 Å². The maximum absolute atomic E-state index is 9.25. The molecule has 1 aromatic carbocycles. The molecule has 6 nitrogen and oxygen atoms in total. The number of aliphatic hydroxyl groups excluding tert-OH is 1. The lowest BCUT2D eigenvalue weighted by Crippen LogP contribution is -2.27. The van der Waals surface area contributed by atoms with Gasteiger partial charge in [-0.1, -0.05) is 26.0 Å². The molecule has 0 atom stereocenters. The number of aromatic nitrogens is 4. The number of aliphatic hydroxyl groups is 1. The number of anilines is 1. The molecule has 18 heavy (non-hydrogen) atoms. The van der Waals surface area contributed by atoms with Crippen LogP contribution in [0.1, 0.15) is 13.8 Å². The van der Waals surface area contributed by atoms with E-state index in [1.165, 1.54) is 0 Å².